The summed E-state index contributed by atoms with van der Waals surface area (Å²) in [5.74, 6) is 0.0317. The van der Waals surface area contributed by atoms with Gasteiger partial charge in [-0.15, -0.1) is 12.4 Å². The molecule has 6 nitrogen and oxygen atoms in total. The number of anilines is 2. The summed E-state index contributed by atoms with van der Waals surface area (Å²) in [4.78, 5) is 17.5. The number of hydrogen-bond acceptors (Lipinski definition) is 4. The van der Waals surface area contributed by atoms with Gasteiger partial charge in [0, 0.05) is 18.4 Å². The molecule has 2 aromatic heterocycles. The van der Waals surface area contributed by atoms with E-state index in [9.17, 15) is 4.79 Å². The number of benzene rings is 1. The van der Waals surface area contributed by atoms with Crippen LogP contribution in [-0.2, 0) is 11.3 Å². The highest BCUT2D eigenvalue weighted by atomic mass is 35.5. The lowest BCUT2D eigenvalue weighted by Crippen LogP contribution is -2.43. The van der Waals surface area contributed by atoms with Crippen molar-refractivity contribution in [2.45, 2.75) is 59.5 Å². The van der Waals surface area contributed by atoms with Crippen LogP contribution in [0.2, 0.25) is 0 Å². The fraction of sp³-hybridized carbons (Fsp3) is 0.417. The normalized spacial score (nSPS) is 16.1. The van der Waals surface area contributed by atoms with Gasteiger partial charge in [-0.1, -0.05) is 24.6 Å². The average Bonchev–Trinajstić information content (AvgIpc) is 3.02. The molecule has 1 amide bonds. The number of aromatic nitrogens is 2. The van der Waals surface area contributed by atoms with Crippen LogP contribution >= 0.6 is 12.4 Å². The summed E-state index contributed by atoms with van der Waals surface area (Å²) in [7, 11) is 0. The fourth-order valence-corrected chi connectivity index (χ4v) is 4.19. The lowest BCUT2D eigenvalue weighted by Gasteiger charge is -2.22. The van der Waals surface area contributed by atoms with Gasteiger partial charge in [0.2, 0.25) is 5.91 Å². The number of amides is 1. The lowest BCUT2D eigenvalue weighted by molar-refractivity contribution is -0.118. The molecule has 3 heterocycles. The number of fused-ring (bicyclic) bond motifs is 1. The number of halogens is 1. The van der Waals surface area contributed by atoms with E-state index in [1.165, 1.54) is 16.7 Å². The van der Waals surface area contributed by atoms with Crippen LogP contribution in [0.5, 0.6) is 0 Å². The quantitative estimate of drug-likeness (QED) is 0.537. The second-order valence-corrected chi connectivity index (χ2v) is 8.33. The Kier molecular flexibility index (Phi) is 7.23. The summed E-state index contributed by atoms with van der Waals surface area (Å²) in [6.45, 7) is 9.95. The summed E-state index contributed by atoms with van der Waals surface area (Å²) in [5.41, 5.74) is 8.47. The Hall–Kier alpha value is -2.57. The Morgan fingerprint density at radius 1 is 1.19 bits per heavy atom. The molecule has 3 N–H and O–H groups in total. The maximum atomic E-state index is 12.8. The third-order valence-electron chi connectivity index (χ3n) is 6.19. The second-order valence-electron chi connectivity index (χ2n) is 8.33. The molecular formula is C24H32ClN5O. The number of imidazole rings is 1. The predicted octanol–water partition coefficient (Wildman–Crippen LogP) is 4.68. The number of carbonyl (C=O) groups excluding carboxylic acids is 1. The van der Waals surface area contributed by atoms with Gasteiger partial charge in [0.1, 0.15) is 0 Å². The Morgan fingerprint density at radius 3 is 2.61 bits per heavy atom. The first-order valence-electron chi connectivity index (χ1n) is 10.8. The number of pyridine rings is 1. The van der Waals surface area contributed by atoms with E-state index in [0.29, 0.717) is 6.54 Å². The molecule has 0 radical (unpaired) electrons. The first-order chi connectivity index (χ1) is 14.4. The van der Waals surface area contributed by atoms with E-state index in [1.807, 2.05) is 19.2 Å². The summed E-state index contributed by atoms with van der Waals surface area (Å²) in [6.07, 6.45) is 5.08. The van der Waals surface area contributed by atoms with Gasteiger partial charge in [0.15, 0.2) is 5.65 Å². The number of piperidine rings is 1. The van der Waals surface area contributed by atoms with Gasteiger partial charge >= 0.3 is 0 Å². The molecule has 7 heteroatoms. The molecule has 0 unspecified atom stereocenters. The summed E-state index contributed by atoms with van der Waals surface area (Å²) in [5, 5.41) is 10.00. The van der Waals surface area contributed by atoms with Crippen molar-refractivity contribution in [3.8, 4) is 0 Å². The highest BCUT2D eigenvalue weighted by Gasteiger charge is 2.21. The minimum Gasteiger partial charge on any atom is -0.378 e. The zero-order valence-corrected chi connectivity index (χ0v) is 19.5. The highest BCUT2D eigenvalue weighted by molar-refractivity contribution is 5.95. The van der Waals surface area contributed by atoms with E-state index in [2.05, 4.69) is 59.3 Å². The molecule has 1 aliphatic rings. The largest absolute Gasteiger partial charge is 0.378 e. The number of aryl methyl sites for hydroxylation is 4. The van der Waals surface area contributed by atoms with Crippen molar-refractivity contribution in [1.29, 1.82) is 0 Å². The van der Waals surface area contributed by atoms with E-state index in [4.69, 9.17) is 4.98 Å². The Labute approximate surface area is 190 Å². The van der Waals surface area contributed by atoms with Crippen molar-refractivity contribution in [2.24, 2.45) is 0 Å². The molecule has 1 fully saturated rings. The molecule has 166 valence electrons. The van der Waals surface area contributed by atoms with Crippen molar-refractivity contribution >= 4 is 35.3 Å². The molecule has 0 spiro atoms. The SMILES string of the molecule is Cc1cccc(C)c1CNc1cc(NC(=O)[C@H]2CCCCN2)cn2c(C)c(C)nc12.Cl. The molecule has 0 bridgehead atoms. The van der Waals surface area contributed by atoms with Crippen LogP contribution in [0.3, 0.4) is 0 Å². The molecule has 0 aliphatic carbocycles. The summed E-state index contributed by atoms with van der Waals surface area (Å²) in [6, 6.07) is 8.23. The maximum Gasteiger partial charge on any atom is 0.241 e. The highest BCUT2D eigenvalue weighted by Crippen LogP contribution is 2.26. The molecule has 0 saturated carbocycles. The molecule has 4 rings (SSSR count). The topological polar surface area (TPSA) is 70.5 Å². The first kappa shape index (κ1) is 23.1. The number of carbonyl (C=O) groups is 1. The molecule has 1 atom stereocenters. The second kappa shape index (κ2) is 9.71. The van der Waals surface area contributed by atoms with E-state index in [1.54, 1.807) is 0 Å². The zero-order chi connectivity index (χ0) is 21.3. The van der Waals surface area contributed by atoms with Gasteiger partial charge in [-0.05, 0) is 69.8 Å². The van der Waals surface area contributed by atoms with Gasteiger partial charge in [0.05, 0.1) is 23.1 Å². The van der Waals surface area contributed by atoms with Crippen molar-refractivity contribution < 1.29 is 4.79 Å². The molecule has 31 heavy (non-hydrogen) atoms. The van der Waals surface area contributed by atoms with Gasteiger partial charge in [0.25, 0.3) is 0 Å². The monoisotopic (exact) mass is 441 g/mol. The summed E-state index contributed by atoms with van der Waals surface area (Å²) >= 11 is 0. The van der Waals surface area contributed by atoms with Gasteiger partial charge in [-0.3, -0.25) is 4.79 Å². The standard InChI is InChI=1S/C24H31N5O.ClH/c1-15-8-7-9-16(2)20(15)13-26-22-12-19(14-29-18(4)17(3)27-23(22)29)28-24(30)21-10-5-6-11-25-21;/h7-9,12,14,21,25-26H,5-6,10-11,13H2,1-4H3,(H,28,30);1H/t21-;/m1./s1. The van der Waals surface area contributed by atoms with Crippen LogP contribution in [-0.4, -0.2) is 27.9 Å². The van der Waals surface area contributed by atoms with Crippen LogP contribution in [0.15, 0.2) is 30.5 Å². The summed E-state index contributed by atoms with van der Waals surface area (Å²) < 4.78 is 2.06. The minimum atomic E-state index is -0.119. The van der Waals surface area contributed by atoms with E-state index < -0.39 is 0 Å². The number of nitrogens with one attached hydrogen (secondary N) is 3. The number of rotatable bonds is 5. The van der Waals surface area contributed by atoms with Crippen molar-refractivity contribution in [3.63, 3.8) is 0 Å². The number of hydrogen-bond donors (Lipinski definition) is 3. The molecule has 1 aliphatic heterocycles. The van der Waals surface area contributed by atoms with E-state index >= 15 is 0 Å². The van der Waals surface area contributed by atoms with Crippen molar-refractivity contribution in [3.05, 3.63) is 58.5 Å². The van der Waals surface area contributed by atoms with Crippen LogP contribution in [0, 0.1) is 27.7 Å². The maximum absolute atomic E-state index is 12.8. The van der Waals surface area contributed by atoms with Gasteiger partial charge in [-0.2, -0.15) is 0 Å². The molecule has 3 aromatic rings. The number of nitrogens with zero attached hydrogens (tertiary/aromatic N) is 2. The van der Waals surface area contributed by atoms with Crippen molar-refractivity contribution in [2.75, 3.05) is 17.2 Å². The Balaban J connectivity index is 0.00000272. The molecule has 1 aromatic carbocycles. The van der Waals surface area contributed by atoms with Crippen LogP contribution in [0.25, 0.3) is 5.65 Å². The third kappa shape index (κ3) is 4.86. The van der Waals surface area contributed by atoms with Crippen molar-refractivity contribution in [1.82, 2.24) is 14.7 Å². The molecular weight excluding hydrogens is 410 g/mol. The van der Waals surface area contributed by atoms with E-state index in [0.717, 1.165) is 54.2 Å². The predicted molar refractivity (Wildman–Crippen MR) is 129 cm³/mol. The first-order valence-corrected chi connectivity index (χ1v) is 10.8. The van der Waals surface area contributed by atoms with Crippen LogP contribution in [0.4, 0.5) is 11.4 Å². The van der Waals surface area contributed by atoms with E-state index in [-0.39, 0.29) is 24.4 Å². The smallest absolute Gasteiger partial charge is 0.241 e. The third-order valence-corrected chi connectivity index (χ3v) is 6.19. The van der Waals surface area contributed by atoms with Crippen LogP contribution in [0.1, 0.15) is 47.3 Å². The average molecular weight is 442 g/mol. The van der Waals surface area contributed by atoms with Crippen LogP contribution < -0.4 is 16.0 Å². The van der Waals surface area contributed by atoms with Gasteiger partial charge < -0.3 is 20.4 Å². The molecule has 1 saturated heterocycles. The zero-order valence-electron chi connectivity index (χ0n) is 18.7. The Morgan fingerprint density at radius 2 is 1.94 bits per heavy atom. The lowest BCUT2D eigenvalue weighted by atomic mass is 10.0. The minimum absolute atomic E-state index is 0. The van der Waals surface area contributed by atoms with Gasteiger partial charge in [-0.25, -0.2) is 4.98 Å². The fourth-order valence-electron chi connectivity index (χ4n) is 4.19. The Bertz CT molecular complexity index is 1070.